The first-order valence-electron chi connectivity index (χ1n) is 10.5. The zero-order valence-corrected chi connectivity index (χ0v) is 17.1. The van der Waals surface area contributed by atoms with Crippen LogP contribution in [0.2, 0.25) is 0 Å². The van der Waals surface area contributed by atoms with E-state index in [-0.39, 0.29) is 5.82 Å². The second-order valence-electron chi connectivity index (χ2n) is 7.57. The zero-order valence-electron chi connectivity index (χ0n) is 17.1. The molecule has 0 unspecified atom stereocenters. The number of nitrogens with zero attached hydrogens (tertiary/aromatic N) is 2. The van der Waals surface area contributed by atoms with Gasteiger partial charge in [0.2, 0.25) is 0 Å². The molecule has 1 aliphatic heterocycles. The Morgan fingerprint density at radius 3 is 2.55 bits per heavy atom. The molecule has 31 heavy (non-hydrogen) atoms. The molecule has 0 amide bonds. The van der Waals surface area contributed by atoms with Crippen molar-refractivity contribution in [2.24, 2.45) is 0 Å². The molecule has 0 bridgehead atoms. The molecule has 1 fully saturated rings. The van der Waals surface area contributed by atoms with Gasteiger partial charge in [-0.15, -0.1) is 0 Å². The molecule has 1 saturated heterocycles. The van der Waals surface area contributed by atoms with E-state index in [1.807, 2.05) is 60.7 Å². The number of halogens is 1. The van der Waals surface area contributed by atoms with Crippen LogP contribution in [0.25, 0.3) is 22.0 Å². The van der Waals surface area contributed by atoms with E-state index in [4.69, 9.17) is 9.47 Å². The molecule has 0 spiro atoms. The van der Waals surface area contributed by atoms with Gasteiger partial charge in [0.15, 0.2) is 0 Å². The second kappa shape index (κ2) is 8.74. The van der Waals surface area contributed by atoms with Crippen molar-refractivity contribution in [2.75, 3.05) is 31.2 Å². The Morgan fingerprint density at radius 2 is 1.71 bits per heavy atom. The summed E-state index contributed by atoms with van der Waals surface area (Å²) in [5.74, 6) is 0.512. The molecule has 5 heteroatoms. The third-order valence-electron chi connectivity index (χ3n) is 5.52. The Hall–Kier alpha value is -3.44. The standard InChI is InChI=1S/C26H23FN2O2/c27-21-8-12-26(29-13-15-30-16-14-29)24(17-21)19-6-10-23(11-7-19)31-18-22-9-5-20-3-1-2-4-25(20)28-22/h1-12,17H,13-16,18H2. The van der Waals surface area contributed by atoms with E-state index in [2.05, 4.69) is 16.0 Å². The van der Waals surface area contributed by atoms with E-state index in [1.54, 1.807) is 6.07 Å². The summed E-state index contributed by atoms with van der Waals surface area (Å²) >= 11 is 0. The monoisotopic (exact) mass is 414 g/mol. The normalized spacial score (nSPS) is 14.0. The minimum Gasteiger partial charge on any atom is -0.487 e. The maximum absolute atomic E-state index is 14.0. The molecule has 3 aromatic carbocycles. The predicted octanol–water partition coefficient (Wildman–Crippen LogP) is 5.46. The third-order valence-corrected chi connectivity index (χ3v) is 5.52. The highest BCUT2D eigenvalue weighted by atomic mass is 19.1. The van der Waals surface area contributed by atoms with E-state index in [0.717, 1.165) is 52.3 Å². The summed E-state index contributed by atoms with van der Waals surface area (Å²) < 4.78 is 25.4. The zero-order chi connectivity index (χ0) is 21.0. The maximum Gasteiger partial charge on any atom is 0.130 e. The smallest absolute Gasteiger partial charge is 0.130 e. The highest BCUT2D eigenvalue weighted by Crippen LogP contribution is 2.33. The van der Waals surface area contributed by atoms with Gasteiger partial charge in [-0.05, 0) is 48.0 Å². The molecule has 2 heterocycles. The molecule has 0 atom stereocenters. The molecule has 0 N–H and O–H groups in total. The molecule has 156 valence electrons. The summed E-state index contributed by atoms with van der Waals surface area (Å²) in [6.07, 6.45) is 0. The van der Waals surface area contributed by atoms with E-state index >= 15 is 0 Å². The number of pyridine rings is 1. The molecule has 5 rings (SSSR count). The van der Waals surface area contributed by atoms with Gasteiger partial charge in [0, 0.05) is 29.7 Å². The molecule has 1 aliphatic rings. The Morgan fingerprint density at radius 1 is 0.903 bits per heavy atom. The Bertz CT molecular complexity index is 1190. The fraction of sp³-hybridized carbons (Fsp3) is 0.192. The van der Waals surface area contributed by atoms with Crippen molar-refractivity contribution in [1.82, 2.24) is 4.98 Å². The van der Waals surface area contributed by atoms with Crippen LogP contribution >= 0.6 is 0 Å². The van der Waals surface area contributed by atoms with Crippen LogP contribution in [0.1, 0.15) is 5.69 Å². The van der Waals surface area contributed by atoms with E-state index < -0.39 is 0 Å². The topological polar surface area (TPSA) is 34.6 Å². The maximum atomic E-state index is 14.0. The van der Waals surface area contributed by atoms with Crippen molar-refractivity contribution in [1.29, 1.82) is 0 Å². The fourth-order valence-corrected chi connectivity index (χ4v) is 3.90. The highest BCUT2D eigenvalue weighted by Gasteiger charge is 2.16. The summed E-state index contributed by atoms with van der Waals surface area (Å²) in [6, 6.07) is 24.8. The van der Waals surface area contributed by atoms with Gasteiger partial charge in [0.1, 0.15) is 18.2 Å². The number of hydrogen-bond acceptors (Lipinski definition) is 4. The molecule has 0 saturated carbocycles. The average molecular weight is 414 g/mol. The van der Waals surface area contributed by atoms with Crippen molar-refractivity contribution >= 4 is 16.6 Å². The number of hydrogen-bond donors (Lipinski definition) is 0. The van der Waals surface area contributed by atoms with E-state index in [9.17, 15) is 4.39 Å². The van der Waals surface area contributed by atoms with Crippen molar-refractivity contribution in [2.45, 2.75) is 6.61 Å². The van der Waals surface area contributed by atoms with Crippen molar-refractivity contribution < 1.29 is 13.9 Å². The summed E-state index contributed by atoms with van der Waals surface area (Å²) in [5, 5.41) is 1.11. The molecule has 4 aromatic rings. The molecule has 0 radical (unpaired) electrons. The number of morpholine rings is 1. The third kappa shape index (κ3) is 4.37. The van der Waals surface area contributed by atoms with Gasteiger partial charge in [-0.1, -0.05) is 36.4 Å². The van der Waals surface area contributed by atoms with Crippen molar-refractivity contribution in [3.63, 3.8) is 0 Å². The number of fused-ring (bicyclic) bond motifs is 1. The number of rotatable bonds is 5. The quantitative estimate of drug-likeness (QED) is 0.435. The molecule has 1 aromatic heterocycles. The minimum atomic E-state index is -0.241. The number of anilines is 1. The SMILES string of the molecule is Fc1ccc(N2CCOCC2)c(-c2ccc(OCc3ccc4ccccc4n3)cc2)c1. The first kappa shape index (κ1) is 19.5. The lowest BCUT2D eigenvalue weighted by Crippen LogP contribution is -2.36. The number of para-hydroxylation sites is 1. The minimum absolute atomic E-state index is 0.241. The van der Waals surface area contributed by atoms with Gasteiger partial charge in [-0.2, -0.15) is 0 Å². The van der Waals surface area contributed by atoms with Crippen LogP contribution in [0.3, 0.4) is 0 Å². The van der Waals surface area contributed by atoms with Crippen LogP contribution in [0.4, 0.5) is 10.1 Å². The van der Waals surface area contributed by atoms with Gasteiger partial charge in [-0.3, -0.25) is 0 Å². The van der Waals surface area contributed by atoms with E-state index in [1.165, 1.54) is 6.07 Å². The lowest BCUT2D eigenvalue weighted by Gasteiger charge is -2.30. The Labute approximate surface area is 180 Å². The summed E-state index contributed by atoms with van der Waals surface area (Å²) in [4.78, 5) is 6.89. The lowest BCUT2D eigenvalue weighted by molar-refractivity contribution is 0.123. The first-order chi connectivity index (χ1) is 15.3. The van der Waals surface area contributed by atoms with Crippen LogP contribution in [-0.4, -0.2) is 31.3 Å². The van der Waals surface area contributed by atoms with Crippen LogP contribution < -0.4 is 9.64 Å². The fourth-order valence-electron chi connectivity index (χ4n) is 3.90. The van der Waals surface area contributed by atoms with Gasteiger partial charge >= 0.3 is 0 Å². The van der Waals surface area contributed by atoms with Crippen molar-refractivity contribution in [3.8, 4) is 16.9 Å². The summed E-state index contributed by atoms with van der Waals surface area (Å²) in [7, 11) is 0. The van der Waals surface area contributed by atoms with Gasteiger partial charge in [0.25, 0.3) is 0 Å². The number of aromatic nitrogens is 1. The molecular weight excluding hydrogens is 391 g/mol. The summed E-state index contributed by atoms with van der Waals surface area (Å²) in [5.41, 5.74) is 4.70. The molecule has 4 nitrogen and oxygen atoms in total. The predicted molar refractivity (Wildman–Crippen MR) is 121 cm³/mol. The summed E-state index contributed by atoms with van der Waals surface area (Å²) in [6.45, 7) is 3.37. The Kier molecular flexibility index (Phi) is 5.50. The largest absolute Gasteiger partial charge is 0.487 e. The average Bonchev–Trinajstić information content (AvgIpc) is 2.83. The van der Waals surface area contributed by atoms with Gasteiger partial charge < -0.3 is 14.4 Å². The van der Waals surface area contributed by atoms with Crippen LogP contribution in [0, 0.1) is 5.82 Å². The van der Waals surface area contributed by atoms with Crippen molar-refractivity contribution in [3.05, 3.63) is 90.4 Å². The first-order valence-corrected chi connectivity index (χ1v) is 10.5. The Balaban J connectivity index is 1.33. The second-order valence-corrected chi connectivity index (χ2v) is 7.57. The van der Waals surface area contributed by atoms with Crippen LogP contribution in [0.5, 0.6) is 5.75 Å². The molecular formula is C26H23FN2O2. The van der Waals surface area contributed by atoms with Gasteiger partial charge in [-0.25, -0.2) is 9.37 Å². The number of benzene rings is 3. The van der Waals surface area contributed by atoms with Gasteiger partial charge in [0.05, 0.1) is 24.4 Å². The lowest BCUT2D eigenvalue weighted by atomic mass is 10.0. The molecule has 0 aliphatic carbocycles. The highest BCUT2D eigenvalue weighted by molar-refractivity contribution is 5.79. The number of ether oxygens (including phenoxy) is 2. The van der Waals surface area contributed by atoms with Crippen LogP contribution in [-0.2, 0) is 11.3 Å². The van der Waals surface area contributed by atoms with E-state index in [0.29, 0.717) is 19.8 Å². The van der Waals surface area contributed by atoms with Crippen LogP contribution in [0.15, 0.2) is 78.9 Å².